The maximum atomic E-state index is 4.31. The number of hydrogen-bond donors (Lipinski definition) is 2. The van der Waals surface area contributed by atoms with Crippen molar-refractivity contribution >= 4 is 21.9 Å². The van der Waals surface area contributed by atoms with Crippen LogP contribution in [-0.2, 0) is 19.6 Å². The highest BCUT2D eigenvalue weighted by atomic mass is 79.9. The summed E-state index contributed by atoms with van der Waals surface area (Å²) >= 11 is 3.46. The van der Waals surface area contributed by atoms with Gasteiger partial charge in [-0.15, -0.1) is 0 Å². The van der Waals surface area contributed by atoms with E-state index >= 15 is 0 Å². The standard InChI is InChI=1S/C20H22BrN5/c1-22-20(23-13-16-7-9-19(21)10-8-16)24-14-17-5-2-3-6-18(17)15-26-12-4-11-25-26/h2-12H,13-15H2,1H3,(H2,22,23,24). The summed E-state index contributed by atoms with van der Waals surface area (Å²) in [7, 11) is 1.78. The minimum Gasteiger partial charge on any atom is -0.352 e. The molecule has 0 atom stereocenters. The Bertz CT molecular complexity index is 841. The molecule has 0 aliphatic carbocycles. The van der Waals surface area contributed by atoms with E-state index in [4.69, 9.17) is 0 Å². The van der Waals surface area contributed by atoms with Gasteiger partial charge in [0.05, 0.1) is 6.54 Å². The maximum Gasteiger partial charge on any atom is 0.191 e. The second kappa shape index (κ2) is 9.20. The van der Waals surface area contributed by atoms with Crippen LogP contribution in [0.2, 0.25) is 0 Å². The van der Waals surface area contributed by atoms with Gasteiger partial charge in [-0.05, 0) is 34.9 Å². The van der Waals surface area contributed by atoms with Gasteiger partial charge in [0, 0.05) is 37.0 Å². The highest BCUT2D eigenvalue weighted by molar-refractivity contribution is 9.10. The summed E-state index contributed by atoms with van der Waals surface area (Å²) < 4.78 is 3.01. The van der Waals surface area contributed by atoms with Gasteiger partial charge in [-0.3, -0.25) is 9.67 Å². The maximum absolute atomic E-state index is 4.31. The van der Waals surface area contributed by atoms with Crippen molar-refractivity contribution < 1.29 is 0 Å². The molecular weight excluding hydrogens is 390 g/mol. The molecule has 0 bridgehead atoms. The van der Waals surface area contributed by atoms with Crippen LogP contribution >= 0.6 is 15.9 Å². The Hall–Kier alpha value is -2.60. The van der Waals surface area contributed by atoms with Crippen LogP contribution in [0.4, 0.5) is 0 Å². The molecule has 0 amide bonds. The summed E-state index contributed by atoms with van der Waals surface area (Å²) in [5, 5.41) is 11.0. The first kappa shape index (κ1) is 18.2. The second-order valence-electron chi connectivity index (χ2n) is 5.88. The molecule has 0 saturated heterocycles. The number of aromatic nitrogens is 2. The molecule has 26 heavy (non-hydrogen) atoms. The van der Waals surface area contributed by atoms with Gasteiger partial charge < -0.3 is 10.6 Å². The SMILES string of the molecule is CN=C(NCc1ccc(Br)cc1)NCc1ccccc1Cn1cccn1. The summed E-state index contributed by atoms with van der Waals surface area (Å²) in [5.74, 6) is 0.779. The van der Waals surface area contributed by atoms with Crippen molar-refractivity contribution in [1.29, 1.82) is 0 Å². The fourth-order valence-corrected chi connectivity index (χ4v) is 2.90. The molecular formula is C20H22BrN5. The van der Waals surface area contributed by atoms with Gasteiger partial charge in [0.1, 0.15) is 0 Å². The van der Waals surface area contributed by atoms with Crippen molar-refractivity contribution in [3.05, 3.63) is 88.2 Å². The summed E-state index contributed by atoms with van der Waals surface area (Å²) in [6.07, 6.45) is 3.78. The first-order valence-corrected chi connectivity index (χ1v) is 9.27. The fourth-order valence-electron chi connectivity index (χ4n) is 2.64. The van der Waals surface area contributed by atoms with E-state index in [0.29, 0.717) is 6.54 Å². The lowest BCUT2D eigenvalue weighted by Gasteiger charge is -2.14. The van der Waals surface area contributed by atoms with Crippen molar-refractivity contribution in [2.45, 2.75) is 19.6 Å². The zero-order valence-electron chi connectivity index (χ0n) is 14.7. The van der Waals surface area contributed by atoms with E-state index in [1.54, 1.807) is 13.2 Å². The van der Waals surface area contributed by atoms with Crippen LogP contribution in [0, 0.1) is 0 Å². The van der Waals surface area contributed by atoms with Crippen molar-refractivity contribution in [1.82, 2.24) is 20.4 Å². The average molecular weight is 412 g/mol. The number of halogens is 1. The molecule has 1 aromatic heterocycles. The number of benzene rings is 2. The highest BCUT2D eigenvalue weighted by Crippen LogP contribution is 2.11. The van der Waals surface area contributed by atoms with Crippen molar-refractivity contribution in [2.24, 2.45) is 4.99 Å². The molecule has 5 nitrogen and oxygen atoms in total. The van der Waals surface area contributed by atoms with Gasteiger partial charge in [-0.1, -0.05) is 52.3 Å². The molecule has 0 spiro atoms. The van der Waals surface area contributed by atoms with Gasteiger partial charge in [0.2, 0.25) is 0 Å². The van der Waals surface area contributed by atoms with Gasteiger partial charge in [0.15, 0.2) is 5.96 Å². The number of rotatable bonds is 6. The van der Waals surface area contributed by atoms with E-state index in [9.17, 15) is 0 Å². The number of guanidine groups is 1. The van der Waals surface area contributed by atoms with Gasteiger partial charge >= 0.3 is 0 Å². The molecule has 0 unspecified atom stereocenters. The highest BCUT2D eigenvalue weighted by Gasteiger charge is 2.05. The predicted molar refractivity (Wildman–Crippen MR) is 109 cm³/mol. The molecule has 0 aliphatic heterocycles. The summed E-state index contributed by atoms with van der Waals surface area (Å²) in [4.78, 5) is 4.31. The molecule has 134 valence electrons. The normalized spacial score (nSPS) is 11.4. The third-order valence-electron chi connectivity index (χ3n) is 4.05. The van der Waals surface area contributed by atoms with E-state index in [1.165, 1.54) is 16.7 Å². The van der Waals surface area contributed by atoms with Crippen molar-refractivity contribution in [3.8, 4) is 0 Å². The lowest BCUT2D eigenvalue weighted by molar-refractivity contribution is 0.677. The molecule has 1 heterocycles. The second-order valence-corrected chi connectivity index (χ2v) is 6.79. The van der Waals surface area contributed by atoms with Crippen LogP contribution in [-0.4, -0.2) is 22.8 Å². The van der Waals surface area contributed by atoms with E-state index in [0.717, 1.165) is 23.5 Å². The van der Waals surface area contributed by atoms with Gasteiger partial charge in [0.25, 0.3) is 0 Å². The Morgan fingerprint density at radius 1 is 1.00 bits per heavy atom. The molecule has 2 N–H and O–H groups in total. The number of nitrogens with zero attached hydrogens (tertiary/aromatic N) is 3. The third kappa shape index (κ3) is 5.20. The monoisotopic (exact) mass is 411 g/mol. The van der Waals surface area contributed by atoms with Gasteiger partial charge in [-0.25, -0.2) is 0 Å². The third-order valence-corrected chi connectivity index (χ3v) is 4.58. The summed E-state index contributed by atoms with van der Waals surface area (Å²) in [6, 6.07) is 18.6. The van der Waals surface area contributed by atoms with Gasteiger partial charge in [-0.2, -0.15) is 5.10 Å². The molecule has 0 fully saturated rings. The Morgan fingerprint density at radius 3 is 2.42 bits per heavy atom. The fraction of sp³-hybridized carbons (Fsp3) is 0.200. The average Bonchev–Trinajstić information content (AvgIpc) is 3.17. The number of hydrogen-bond acceptors (Lipinski definition) is 2. The molecule has 0 radical (unpaired) electrons. The number of aliphatic imine (C=N–C) groups is 1. The van der Waals surface area contributed by atoms with Crippen molar-refractivity contribution in [2.75, 3.05) is 7.05 Å². The molecule has 3 aromatic rings. The van der Waals surface area contributed by atoms with Crippen LogP contribution in [0.25, 0.3) is 0 Å². The van der Waals surface area contributed by atoms with E-state index in [-0.39, 0.29) is 0 Å². The van der Waals surface area contributed by atoms with Crippen LogP contribution in [0.1, 0.15) is 16.7 Å². The molecule has 2 aromatic carbocycles. The molecule has 3 rings (SSSR count). The minimum absolute atomic E-state index is 0.706. The zero-order chi connectivity index (χ0) is 18.2. The first-order valence-electron chi connectivity index (χ1n) is 8.48. The Labute approximate surface area is 162 Å². The first-order chi connectivity index (χ1) is 12.7. The van der Waals surface area contributed by atoms with E-state index in [2.05, 4.69) is 73.1 Å². The Kier molecular flexibility index (Phi) is 6.44. The van der Waals surface area contributed by atoms with Crippen molar-refractivity contribution in [3.63, 3.8) is 0 Å². The Balaban J connectivity index is 1.57. The van der Waals surface area contributed by atoms with Crippen LogP contribution in [0.15, 0.2) is 76.5 Å². The predicted octanol–water partition coefficient (Wildman–Crippen LogP) is 3.56. The minimum atomic E-state index is 0.706. The molecule has 0 aliphatic rings. The largest absolute Gasteiger partial charge is 0.352 e. The lowest BCUT2D eigenvalue weighted by Crippen LogP contribution is -2.36. The van der Waals surface area contributed by atoms with Crippen LogP contribution < -0.4 is 10.6 Å². The molecule has 0 saturated carbocycles. The quantitative estimate of drug-likeness (QED) is 0.481. The zero-order valence-corrected chi connectivity index (χ0v) is 16.3. The molecule has 6 heteroatoms. The topological polar surface area (TPSA) is 54.2 Å². The smallest absolute Gasteiger partial charge is 0.191 e. The lowest BCUT2D eigenvalue weighted by atomic mass is 10.1. The summed E-state index contributed by atoms with van der Waals surface area (Å²) in [5.41, 5.74) is 3.68. The Morgan fingerprint density at radius 2 is 1.73 bits per heavy atom. The summed E-state index contributed by atoms with van der Waals surface area (Å²) in [6.45, 7) is 2.19. The van der Waals surface area contributed by atoms with E-state index < -0.39 is 0 Å². The van der Waals surface area contributed by atoms with Crippen LogP contribution in [0.5, 0.6) is 0 Å². The van der Waals surface area contributed by atoms with Crippen LogP contribution in [0.3, 0.4) is 0 Å². The number of nitrogens with one attached hydrogen (secondary N) is 2. The van der Waals surface area contributed by atoms with E-state index in [1.807, 2.05) is 29.1 Å².